The van der Waals surface area contributed by atoms with Gasteiger partial charge in [-0.2, -0.15) is 4.98 Å². The Hall–Kier alpha value is -3.09. The molecule has 0 spiro atoms. The largest absolute Gasteiger partial charge is 0.420 e. The molecule has 6 rings (SSSR count). The molecule has 0 saturated carbocycles. The second-order valence-corrected chi connectivity index (χ2v) is 11.5. The number of rotatable bonds is 8. The molecule has 1 fully saturated rings. The van der Waals surface area contributed by atoms with Gasteiger partial charge in [-0.3, -0.25) is 9.69 Å². The van der Waals surface area contributed by atoms with Crippen molar-refractivity contribution in [3.63, 3.8) is 0 Å². The molecule has 12 heteroatoms. The van der Waals surface area contributed by atoms with Gasteiger partial charge < -0.3 is 24.8 Å². The fraction of sp³-hybridized carbons (Fsp3) is 0.429. The second kappa shape index (κ2) is 11.8. The summed E-state index contributed by atoms with van der Waals surface area (Å²) in [7, 11) is 1.68. The SMILES string of the molecule is COCCOC1CCN(Cc2cnc(Cl)nc2Oc2ccc3c(ccc4sc5c(c43)NC[C@H](C)NC5=O)n2)CC1. The third kappa shape index (κ3) is 5.70. The summed E-state index contributed by atoms with van der Waals surface area (Å²) in [6.07, 6.45) is 3.88. The molecule has 1 aromatic carbocycles. The number of ether oxygens (including phenoxy) is 3. The molecule has 0 bridgehead atoms. The van der Waals surface area contributed by atoms with Crippen LogP contribution in [0.5, 0.6) is 11.8 Å². The molecule has 2 N–H and O–H groups in total. The summed E-state index contributed by atoms with van der Waals surface area (Å²) in [5.74, 6) is 0.752. The maximum atomic E-state index is 12.7. The van der Waals surface area contributed by atoms with Crippen LogP contribution in [0.1, 0.15) is 35.0 Å². The maximum absolute atomic E-state index is 12.7. The molecule has 40 heavy (non-hydrogen) atoms. The van der Waals surface area contributed by atoms with Gasteiger partial charge >= 0.3 is 0 Å². The van der Waals surface area contributed by atoms with E-state index in [4.69, 9.17) is 30.8 Å². The van der Waals surface area contributed by atoms with E-state index >= 15 is 0 Å². The van der Waals surface area contributed by atoms with Crippen LogP contribution < -0.4 is 15.4 Å². The van der Waals surface area contributed by atoms with E-state index in [2.05, 4.69) is 25.5 Å². The van der Waals surface area contributed by atoms with Crippen LogP contribution in [-0.2, 0) is 16.0 Å². The third-order valence-electron chi connectivity index (χ3n) is 7.23. The van der Waals surface area contributed by atoms with Crippen LogP contribution in [0.3, 0.4) is 0 Å². The molecule has 1 saturated heterocycles. The summed E-state index contributed by atoms with van der Waals surface area (Å²) in [6.45, 7) is 6.32. The molecule has 4 aromatic rings. The van der Waals surface area contributed by atoms with Gasteiger partial charge in [-0.1, -0.05) is 0 Å². The Balaban J connectivity index is 1.22. The molecular weight excluding hydrogens is 552 g/mol. The number of nitrogens with one attached hydrogen (secondary N) is 2. The standard InChI is InChI=1S/C28H31ClN6O4S/c1-16-13-30-24-23-19-3-6-22(33-20(19)4-5-21(23)40-25(24)26(36)32-16)39-27-17(14-31-28(29)34-27)15-35-9-7-18(8-10-35)38-12-11-37-2/h3-6,14,16,18,30H,7-13,15H2,1-2H3,(H,32,36)/t16-/m0/s1. The number of carbonyl (C=O) groups excluding carboxylic acids is 1. The van der Waals surface area contributed by atoms with Crippen LogP contribution in [0.2, 0.25) is 5.28 Å². The number of halogens is 1. The number of thiophene rings is 1. The van der Waals surface area contributed by atoms with Crippen LogP contribution in [-0.4, -0.2) is 77.9 Å². The van der Waals surface area contributed by atoms with Crippen LogP contribution in [0.4, 0.5) is 5.69 Å². The van der Waals surface area contributed by atoms with Gasteiger partial charge in [-0.25, -0.2) is 9.97 Å². The van der Waals surface area contributed by atoms with Gasteiger partial charge in [-0.05, 0) is 49.6 Å². The first-order valence-corrected chi connectivity index (χ1v) is 14.6. The number of aromatic nitrogens is 3. The van der Waals surface area contributed by atoms with E-state index in [1.165, 1.54) is 11.3 Å². The summed E-state index contributed by atoms with van der Waals surface area (Å²) < 4.78 is 18.2. The molecular formula is C28H31ClN6O4S. The van der Waals surface area contributed by atoms with Crippen molar-refractivity contribution < 1.29 is 19.0 Å². The maximum Gasteiger partial charge on any atom is 0.263 e. The average molecular weight is 583 g/mol. The highest BCUT2D eigenvalue weighted by molar-refractivity contribution is 7.21. The molecule has 2 aliphatic heterocycles. The molecule has 5 heterocycles. The number of anilines is 1. The summed E-state index contributed by atoms with van der Waals surface area (Å²) in [5, 5.41) is 8.56. The number of nitrogens with zero attached hydrogens (tertiary/aromatic N) is 4. The minimum Gasteiger partial charge on any atom is -0.420 e. The number of hydrogen-bond acceptors (Lipinski definition) is 10. The van der Waals surface area contributed by atoms with Crippen LogP contribution >= 0.6 is 22.9 Å². The summed E-state index contributed by atoms with van der Waals surface area (Å²) >= 11 is 7.64. The van der Waals surface area contributed by atoms with E-state index in [0.29, 0.717) is 42.9 Å². The first-order chi connectivity index (χ1) is 19.5. The van der Waals surface area contributed by atoms with E-state index in [1.807, 2.05) is 31.2 Å². The minimum atomic E-state index is -0.0502. The highest BCUT2D eigenvalue weighted by atomic mass is 35.5. The number of amides is 1. The second-order valence-electron chi connectivity index (χ2n) is 10.1. The van der Waals surface area contributed by atoms with Gasteiger partial charge in [0.25, 0.3) is 5.91 Å². The van der Waals surface area contributed by atoms with Gasteiger partial charge in [0.05, 0.1) is 30.5 Å². The first kappa shape index (κ1) is 27.1. The van der Waals surface area contributed by atoms with Gasteiger partial charge in [0, 0.05) is 72.6 Å². The van der Waals surface area contributed by atoms with Crippen molar-refractivity contribution >= 4 is 55.5 Å². The van der Waals surface area contributed by atoms with E-state index in [1.54, 1.807) is 13.3 Å². The van der Waals surface area contributed by atoms with Crippen LogP contribution in [0.15, 0.2) is 30.5 Å². The molecule has 3 aromatic heterocycles. The number of benzene rings is 1. The molecule has 210 valence electrons. The predicted octanol–water partition coefficient (Wildman–Crippen LogP) is 4.86. The Morgan fingerprint density at radius 1 is 1.15 bits per heavy atom. The van der Waals surface area contributed by atoms with Gasteiger partial charge in [0.2, 0.25) is 17.0 Å². The Bertz CT molecular complexity index is 1540. The third-order valence-corrected chi connectivity index (χ3v) is 8.57. The van der Waals surface area contributed by atoms with Crippen LogP contribution in [0, 0.1) is 0 Å². The number of fused-ring (bicyclic) bond motifs is 5. The van der Waals surface area contributed by atoms with Crippen molar-refractivity contribution in [3.8, 4) is 11.8 Å². The topological polar surface area (TPSA) is 111 Å². The lowest BCUT2D eigenvalue weighted by atomic mass is 10.1. The minimum absolute atomic E-state index is 0.0460. The highest BCUT2D eigenvalue weighted by Gasteiger charge is 2.25. The number of pyridine rings is 1. The van der Waals surface area contributed by atoms with Crippen molar-refractivity contribution in [2.75, 3.05) is 45.3 Å². The van der Waals surface area contributed by atoms with Crippen molar-refractivity contribution in [1.82, 2.24) is 25.2 Å². The lowest BCUT2D eigenvalue weighted by molar-refractivity contribution is -0.0159. The summed E-state index contributed by atoms with van der Waals surface area (Å²) in [6, 6.07) is 7.81. The monoisotopic (exact) mass is 582 g/mol. The van der Waals surface area contributed by atoms with Crippen molar-refractivity contribution in [1.29, 1.82) is 0 Å². The normalized spacial score (nSPS) is 18.4. The fourth-order valence-electron chi connectivity index (χ4n) is 5.20. The quantitative estimate of drug-likeness (QED) is 0.222. The van der Waals surface area contributed by atoms with Crippen molar-refractivity contribution in [2.24, 2.45) is 0 Å². The summed E-state index contributed by atoms with van der Waals surface area (Å²) in [5.41, 5.74) is 2.47. The number of hydrogen-bond donors (Lipinski definition) is 2. The lowest BCUT2D eigenvalue weighted by Gasteiger charge is -2.31. The Morgan fingerprint density at radius 2 is 2.00 bits per heavy atom. The average Bonchev–Trinajstić information content (AvgIpc) is 3.27. The Morgan fingerprint density at radius 3 is 2.83 bits per heavy atom. The lowest BCUT2D eigenvalue weighted by Crippen LogP contribution is -2.37. The molecule has 2 aliphatic rings. The zero-order valence-corrected chi connectivity index (χ0v) is 24.0. The highest BCUT2D eigenvalue weighted by Crippen LogP contribution is 2.41. The Labute approximate surface area is 241 Å². The van der Waals surface area contributed by atoms with Gasteiger partial charge in [0.1, 0.15) is 4.88 Å². The Kier molecular flexibility index (Phi) is 7.99. The number of piperidine rings is 1. The number of methoxy groups -OCH3 is 1. The van der Waals surface area contributed by atoms with Gasteiger partial charge in [-0.15, -0.1) is 11.3 Å². The van der Waals surface area contributed by atoms with Gasteiger partial charge in [0.15, 0.2) is 0 Å². The fourth-order valence-corrected chi connectivity index (χ4v) is 6.43. The number of carbonyl (C=O) groups is 1. The zero-order chi connectivity index (χ0) is 27.6. The van der Waals surface area contributed by atoms with E-state index < -0.39 is 0 Å². The van der Waals surface area contributed by atoms with E-state index in [9.17, 15) is 4.79 Å². The van der Waals surface area contributed by atoms with Crippen molar-refractivity contribution in [2.45, 2.75) is 38.5 Å². The summed E-state index contributed by atoms with van der Waals surface area (Å²) in [4.78, 5) is 29.1. The predicted molar refractivity (Wildman–Crippen MR) is 156 cm³/mol. The smallest absolute Gasteiger partial charge is 0.263 e. The molecule has 10 nitrogen and oxygen atoms in total. The molecule has 0 radical (unpaired) electrons. The van der Waals surface area contributed by atoms with Crippen LogP contribution in [0.25, 0.3) is 21.0 Å². The molecule has 1 atom stereocenters. The molecule has 1 amide bonds. The zero-order valence-electron chi connectivity index (χ0n) is 22.4. The van der Waals surface area contributed by atoms with E-state index in [-0.39, 0.29) is 23.3 Å². The molecule has 0 aliphatic carbocycles. The first-order valence-electron chi connectivity index (χ1n) is 13.4. The molecule has 0 unspecified atom stereocenters. The van der Waals surface area contributed by atoms with Crippen molar-refractivity contribution in [3.05, 3.63) is 46.2 Å². The number of likely N-dealkylation sites (tertiary alicyclic amines) is 1. The van der Waals surface area contributed by atoms with E-state index in [0.717, 1.165) is 58.2 Å².